The van der Waals surface area contributed by atoms with Gasteiger partial charge in [-0.05, 0) is 62.6 Å². The topological polar surface area (TPSA) is 86.5 Å². The van der Waals surface area contributed by atoms with Gasteiger partial charge in [-0.1, -0.05) is 18.9 Å². The van der Waals surface area contributed by atoms with Gasteiger partial charge in [0.05, 0.1) is 11.5 Å². The quantitative estimate of drug-likeness (QED) is 0.528. The molecule has 1 saturated heterocycles. The molecule has 2 aliphatic carbocycles. The summed E-state index contributed by atoms with van der Waals surface area (Å²) in [6, 6.07) is 6.32. The summed E-state index contributed by atoms with van der Waals surface area (Å²) in [5.41, 5.74) is 1.83. The molecule has 0 unspecified atom stereocenters. The molecule has 3 aliphatic rings. The van der Waals surface area contributed by atoms with E-state index in [-0.39, 0.29) is 17.7 Å². The van der Waals surface area contributed by atoms with E-state index >= 15 is 0 Å². The summed E-state index contributed by atoms with van der Waals surface area (Å²) in [5, 5.41) is 16.0. The van der Waals surface area contributed by atoms with Gasteiger partial charge in [0.15, 0.2) is 0 Å². The van der Waals surface area contributed by atoms with Crippen LogP contribution in [0.2, 0.25) is 0 Å². The van der Waals surface area contributed by atoms with Crippen molar-refractivity contribution in [2.75, 3.05) is 50.0 Å². The Kier molecular flexibility index (Phi) is 6.10. The van der Waals surface area contributed by atoms with Crippen molar-refractivity contribution >= 4 is 33.4 Å². The second-order valence-electron chi connectivity index (χ2n) is 10.7. The molecule has 186 valence electrons. The molecule has 2 aromatic heterocycles. The fourth-order valence-electron chi connectivity index (χ4n) is 5.71. The van der Waals surface area contributed by atoms with Gasteiger partial charge in [-0.25, -0.2) is 4.98 Å². The number of aliphatic hydroxyl groups is 1. The van der Waals surface area contributed by atoms with Crippen LogP contribution in [0.25, 0.3) is 21.8 Å². The number of aromatic nitrogens is 3. The van der Waals surface area contributed by atoms with Crippen molar-refractivity contribution in [3.05, 3.63) is 34.7 Å². The van der Waals surface area contributed by atoms with E-state index in [2.05, 4.69) is 45.3 Å². The highest BCUT2D eigenvalue weighted by Gasteiger charge is 2.26. The molecular formula is C27H36N6O2. The number of piperazine rings is 1. The molecule has 35 heavy (non-hydrogen) atoms. The summed E-state index contributed by atoms with van der Waals surface area (Å²) in [4.78, 5) is 28.2. The predicted molar refractivity (Wildman–Crippen MR) is 140 cm³/mol. The third kappa shape index (κ3) is 4.61. The second kappa shape index (κ2) is 9.39. The number of hydrogen-bond donors (Lipinski definition) is 2. The molecule has 2 saturated carbocycles. The number of rotatable bonds is 6. The van der Waals surface area contributed by atoms with Crippen LogP contribution in [0.15, 0.2) is 29.2 Å². The molecule has 2 N–H and O–H groups in total. The number of fused-ring (bicyclic) bond motifs is 3. The molecule has 8 heteroatoms. The van der Waals surface area contributed by atoms with Crippen molar-refractivity contribution in [2.45, 2.75) is 57.1 Å². The van der Waals surface area contributed by atoms with Gasteiger partial charge in [-0.3, -0.25) is 9.36 Å². The van der Waals surface area contributed by atoms with Crippen LogP contribution in [0, 0.1) is 5.92 Å². The van der Waals surface area contributed by atoms with Gasteiger partial charge in [0.1, 0.15) is 5.65 Å². The number of anilines is 2. The lowest BCUT2D eigenvalue weighted by molar-refractivity contribution is 0.111. The van der Waals surface area contributed by atoms with E-state index in [0.29, 0.717) is 11.6 Å². The zero-order valence-corrected chi connectivity index (χ0v) is 20.6. The molecule has 0 bridgehead atoms. The number of likely N-dealkylation sites (N-methyl/N-ethyl adjacent to an activating group) is 1. The van der Waals surface area contributed by atoms with Crippen LogP contribution in [-0.4, -0.2) is 70.4 Å². The number of pyridine rings is 1. The number of nitrogens with zero attached hydrogens (tertiary/aromatic N) is 5. The van der Waals surface area contributed by atoms with Crippen molar-refractivity contribution in [3.63, 3.8) is 0 Å². The molecule has 1 aliphatic heterocycles. The minimum Gasteiger partial charge on any atom is -0.393 e. The van der Waals surface area contributed by atoms with Crippen LogP contribution in [-0.2, 0) is 0 Å². The molecule has 3 heterocycles. The third-order valence-corrected chi connectivity index (χ3v) is 8.17. The standard InChI is InChI=1S/C27H36N6O2/c1-31-12-14-32(15-13-31)20-6-9-22-23(16-20)26(35)33(19-4-7-21(34)8-5-19)25-24(22)17-29-27(30-25)28-11-10-18-2-3-18/h6,9,16-19,21,34H,2-5,7-8,10-15H2,1H3,(H,28,29,30). The van der Waals surface area contributed by atoms with E-state index in [1.54, 1.807) is 0 Å². The Morgan fingerprint density at radius 2 is 1.77 bits per heavy atom. The van der Waals surface area contributed by atoms with Gasteiger partial charge in [0.2, 0.25) is 5.95 Å². The SMILES string of the molecule is CN1CCN(c2ccc3c(c2)c(=O)n(C2CCC(O)CC2)c2nc(NCCC4CC4)ncc32)CC1. The normalized spacial score (nSPS) is 23.8. The number of aliphatic hydroxyl groups excluding tert-OH is 1. The van der Waals surface area contributed by atoms with E-state index in [9.17, 15) is 9.90 Å². The first kappa shape index (κ1) is 22.7. The second-order valence-corrected chi connectivity index (χ2v) is 10.7. The summed E-state index contributed by atoms with van der Waals surface area (Å²) in [6.45, 7) is 4.83. The van der Waals surface area contributed by atoms with Crippen LogP contribution in [0.3, 0.4) is 0 Å². The van der Waals surface area contributed by atoms with Gasteiger partial charge in [0.25, 0.3) is 5.56 Å². The van der Waals surface area contributed by atoms with Gasteiger partial charge in [-0.15, -0.1) is 0 Å². The fourth-order valence-corrected chi connectivity index (χ4v) is 5.71. The lowest BCUT2D eigenvalue weighted by Gasteiger charge is -2.34. The summed E-state index contributed by atoms with van der Waals surface area (Å²) < 4.78 is 1.91. The summed E-state index contributed by atoms with van der Waals surface area (Å²) >= 11 is 0. The van der Waals surface area contributed by atoms with Crippen molar-refractivity contribution in [3.8, 4) is 0 Å². The Morgan fingerprint density at radius 3 is 2.51 bits per heavy atom. The van der Waals surface area contributed by atoms with Gasteiger partial charge >= 0.3 is 0 Å². The van der Waals surface area contributed by atoms with Gasteiger partial charge < -0.3 is 20.2 Å². The predicted octanol–water partition coefficient (Wildman–Crippen LogP) is 3.38. The van der Waals surface area contributed by atoms with Gasteiger partial charge in [0, 0.05) is 56.0 Å². The Hall–Kier alpha value is -2.71. The number of hydrogen-bond acceptors (Lipinski definition) is 7. The highest BCUT2D eigenvalue weighted by Crippen LogP contribution is 2.34. The maximum atomic E-state index is 14.0. The van der Waals surface area contributed by atoms with E-state index in [1.165, 1.54) is 12.8 Å². The first-order valence-corrected chi connectivity index (χ1v) is 13.3. The number of nitrogens with one attached hydrogen (secondary N) is 1. The molecular weight excluding hydrogens is 440 g/mol. The average Bonchev–Trinajstić information content (AvgIpc) is 3.70. The van der Waals surface area contributed by atoms with Crippen LogP contribution >= 0.6 is 0 Å². The van der Waals surface area contributed by atoms with Crippen LogP contribution in [0.4, 0.5) is 11.6 Å². The number of benzene rings is 1. The highest BCUT2D eigenvalue weighted by molar-refractivity contribution is 6.05. The lowest BCUT2D eigenvalue weighted by Crippen LogP contribution is -2.44. The Bertz CT molecular complexity index is 1270. The summed E-state index contributed by atoms with van der Waals surface area (Å²) in [6.07, 6.45) is 8.42. The smallest absolute Gasteiger partial charge is 0.260 e. The highest BCUT2D eigenvalue weighted by atomic mass is 16.3. The summed E-state index contributed by atoms with van der Waals surface area (Å²) in [7, 11) is 2.15. The van der Waals surface area contributed by atoms with Gasteiger partial charge in [-0.2, -0.15) is 4.98 Å². The monoisotopic (exact) mass is 476 g/mol. The van der Waals surface area contributed by atoms with E-state index in [4.69, 9.17) is 4.98 Å². The zero-order chi connectivity index (χ0) is 23.9. The van der Waals surface area contributed by atoms with Crippen molar-refractivity contribution in [1.82, 2.24) is 19.4 Å². The van der Waals surface area contributed by atoms with Crippen molar-refractivity contribution in [1.29, 1.82) is 0 Å². The molecule has 0 radical (unpaired) electrons. The van der Waals surface area contributed by atoms with E-state index in [1.807, 2.05) is 10.8 Å². The van der Waals surface area contributed by atoms with E-state index in [0.717, 1.165) is 92.6 Å². The van der Waals surface area contributed by atoms with E-state index < -0.39 is 0 Å². The lowest BCUT2D eigenvalue weighted by atomic mass is 9.92. The van der Waals surface area contributed by atoms with Crippen LogP contribution in [0.5, 0.6) is 0 Å². The van der Waals surface area contributed by atoms with Crippen molar-refractivity contribution in [2.24, 2.45) is 5.92 Å². The Labute approximate surface area is 206 Å². The fraction of sp³-hybridized carbons (Fsp3) is 0.593. The Morgan fingerprint density at radius 1 is 1.00 bits per heavy atom. The van der Waals surface area contributed by atoms with Crippen molar-refractivity contribution < 1.29 is 5.11 Å². The molecule has 8 nitrogen and oxygen atoms in total. The molecule has 0 amide bonds. The average molecular weight is 477 g/mol. The molecule has 6 rings (SSSR count). The Balaban J connectivity index is 1.44. The minimum absolute atomic E-state index is 0.0208. The minimum atomic E-state index is -0.271. The zero-order valence-electron chi connectivity index (χ0n) is 20.6. The first-order chi connectivity index (χ1) is 17.1. The molecule has 0 spiro atoms. The third-order valence-electron chi connectivity index (χ3n) is 8.17. The molecule has 3 aromatic rings. The summed E-state index contributed by atoms with van der Waals surface area (Å²) in [5.74, 6) is 1.43. The first-order valence-electron chi connectivity index (χ1n) is 13.3. The van der Waals surface area contributed by atoms with Crippen LogP contribution < -0.4 is 15.8 Å². The maximum Gasteiger partial charge on any atom is 0.260 e. The molecule has 0 atom stereocenters. The largest absolute Gasteiger partial charge is 0.393 e. The molecule has 1 aromatic carbocycles. The molecule has 3 fully saturated rings. The van der Waals surface area contributed by atoms with Crippen LogP contribution in [0.1, 0.15) is 51.0 Å². The maximum absolute atomic E-state index is 14.0.